The fraction of sp³-hybridized carbons (Fsp3) is 0.316. The Morgan fingerprint density at radius 2 is 1.79 bits per heavy atom. The minimum absolute atomic E-state index is 0.306. The van der Waals surface area contributed by atoms with Crippen LogP contribution in [-0.2, 0) is 6.54 Å². The summed E-state index contributed by atoms with van der Waals surface area (Å²) in [6.07, 6.45) is 1.58. The van der Waals surface area contributed by atoms with E-state index in [4.69, 9.17) is 5.73 Å². The molecule has 5 heteroatoms. The van der Waals surface area contributed by atoms with Gasteiger partial charge >= 0.3 is 0 Å². The lowest BCUT2D eigenvalue weighted by Crippen LogP contribution is -2.30. The van der Waals surface area contributed by atoms with Gasteiger partial charge < -0.3 is 10.8 Å². The van der Waals surface area contributed by atoms with E-state index in [9.17, 15) is 14.3 Å². The molecule has 1 amide bonds. The van der Waals surface area contributed by atoms with Gasteiger partial charge in [-0.15, -0.1) is 0 Å². The maximum absolute atomic E-state index is 13.0. The first-order valence-corrected chi connectivity index (χ1v) is 8.09. The molecule has 0 saturated heterocycles. The van der Waals surface area contributed by atoms with Gasteiger partial charge in [0.2, 0.25) is 5.91 Å². The smallest absolute Gasteiger partial charge is 0.248 e. The summed E-state index contributed by atoms with van der Waals surface area (Å²) in [5.41, 5.74) is 7.53. The van der Waals surface area contributed by atoms with Gasteiger partial charge in [0.15, 0.2) is 0 Å². The first-order chi connectivity index (χ1) is 11.5. The van der Waals surface area contributed by atoms with Crippen molar-refractivity contribution in [1.82, 2.24) is 4.90 Å². The van der Waals surface area contributed by atoms with Crippen LogP contribution in [0.2, 0.25) is 0 Å². The number of primary amides is 1. The fourth-order valence-corrected chi connectivity index (χ4v) is 2.80. The van der Waals surface area contributed by atoms with E-state index in [2.05, 4.69) is 4.90 Å². The van der Waals surface area contributed by atoms with E-state index in [1.54, 1.807) is 24.3 Å². The largest absolute Gasteiger partial charge is 0.387 e. The molecular formula is C19H21FN2O2. The predicted molar refractivity (Wildman–Crippen MR) is 89.8 cm³/mol. The van der Waals surface area contributed by atoms with E-state index >= 15 is 0 Å². The van der Waals surface area contributed by atoms with Crippen LogP contribution >= 0.6 is 0 Å². The number of carbonyl (C=O) groups is 1. The van der Waals surface area contributed by atoms with Crippen molar-refractivity contribution in [2.45, 2.75) is 31.5 Å². The molecule has 24 heavy (non-hydrogen) atoms. The Labute approximate surface area is 140 Å². The van der Waals surface area contributed by atoms with Gasteiger partial charge in [0.1, 0.15) is 5.82 Å². The number of aliphatic hydroxyl groups excluding tert-OH is 1. The zero-order valence-corrected chi connectivity index (χ0v) is 13.4. The van der Waals surface area contributed by atoms with Crippen molar-refractivity contribution in [2.75, 3.05) is 6.54 Å². The Bertz CT molecular complexity index is 696. The maximum Gasteiger partial charge on any atom is 0.248 e. The Hall–Kier alpha value is -2.24. The number of hydrogen-bond donors (Lipinski definition) is 2. The van der Waals surface area contributed by atoms with Crippen LogP contribution in [0.25, 0.3) is 0 Å². The van der Waals surface area contributed by atoms with Crippen LogP contribution in [0.5, 0.6) is 0 Å². The van der Waals surface area contributed by atoms with Crippen LogP contribution in [0.15, 0.2) is 48.5 Å². The van der Waals surface area contributed by atoms with Gasteiger partial charge in [-0.3, -0.25) is 9.69 Å². The third-order valence-electron chi connectivity index (χ3n) is 4.35. The molecule has 1 aliphatic carbocycles. The minimum atomic E-state index is -0.656. The van der Waals surface area contributed by atoms with Gasteiger partial charge in [0.05, 0.1) is 6.10 Å². The van der Waals surface area contributed by atoms with Gasteiger partial charge in [-0.2, -0.15) is 0 Å². The SMILES string of the molecule is NC(=O)c1ccc(CN(CC(O)c2ccc(F)cc2)C2CC2)cc1. The van der Waals surface area contributed by atoms with E-state index in [-0.39, 0.29) is 5.82 Å². The summed E-state index contributed by atoms with van der Waals surface area (Å²) >= 11 is 0. The molecule has 0 spiro atoms. The van der Waals surface area contributed by atoms with Gasteiger partial charge in [-0.25, -0.2) is 4.39 Å². The average molecular weight is 328 g/mol. The van der Waals surface area contributed by atoms with Crippen LogP contribution in [0.1, 0.15) is 40.4 Å². The second kappa shape index (κ2) is 7.11. The molecule has 0 radical (unpaired) electrons. The second-order valence-electron chi connectivity index (χ2n) is 6.29. The number of rotatable bonds is 7. The molecule has 126 valence electrons. The number of benzene rings is 2. The predicted octanol–water partition coefficient (Wildman–Crippen LogP) is 2.62. The first-order valence-electron chi connectivity index (χ1n) is 8.09. The number of nitrogens with two attached hydrogens (primary N) is 1. The number of halogens is 1. The van der Waals surface area contributed by atoms with E-state index in [1.807, 2.05) is 12.1 Å². The minimum Gasteiger partial charge on any atom is -0.387 e. The van der Waals surface area contributed by atoms with Crippen molar-refractivity contribution >= 4 is 5.91 Å². The number of aliphatic hydroxyl groups is 1. The van der Waals surface area contributed by atoms with E-state index < -0.39 is 12.0 Å². The van der Waals surface area contributed by atoms with Gasteiger partial charge in [0.25, 0.3) is 0 Å². The highest BCUT2D eigenvalue weighted by molar-refractivity contribution is 5.92. The molecule has 0 aliphatic heterocycles. The number of amides is 1. The standard InChI is InChI=1S/C19H21FN2O2/c20-16-7-5-14(6-8-16)18(23)12-22(17-9-10-17)11-13-1-3-15(4-2-13)19(21)24/h1-8,17-18,23H,9-12H2,(H2,21,24). The monoisotopic (exact) mass is 328 g/mol. The normalized spacial score (nSPS) is 15.5. The highest BCUT2D eigenvalue weighted by Crippen LogP contribution is 2.30. The van der Waals surface area contributed by atoms with Crippen molar-refractivity contribution < 1.29 is 14.3 Å². The molecule has 4 nitrogen and oxygen atoms in total. The van der Waals surface area contributed by atoms with Crippen LogP contribution in [-0.4, -0.2) is 28.5 Å². The summed E-state index contributed by atoms with van der Waals surface area (Å²) in [6, 6.07) is 13.7. The third kappa shape index (κ3) is 4.19. The number of nitrogens with zero attached hydrogens (tertiary/aromatic N) is 1. The Morgan fingerprint density at radius 1 is 1.17 bits per heavy atom. The highest BCUT2D eigenvalue weighted by atomic mass is 19.1. The van der Waals surface area contributed by atoms with Crippen molar-refractivity contribution in [3.05, 3.63) is 71.0 Å². The topological polar surface area (TPSA) is 66.6 Å². The van der Waals surface area contributed by atoms with E-state index in [1.165, 1.54) is 12.1 Å². The summed E-state index contributed by atoms with van der Waals surface area (Å²) < 4.78 is 13.0. The molecule has 3 rings (SSSR count). The summed E-state index contributed by atoms with van der Waals surface area (Å²) in [7, 11) is 0. The molecule has 1 fully saturated rings. The van der Waals surface area contributed by atoms with Gasteiger partial charge in [-0.1, -0.05) is 24.3 Å². The summed E-state index contributed by atoms with van der Waals surface area (Å²) in [5, 5.41) is 10.4. The second-order valence-corrected chi connectivity index (χ2v) is 6.29. The first kappa shape index (κ1) is 16.6. The van der Waals surface area contributed by atoms with Crippen LogP contribution in [0.4, 0.5) is 4.39 Å². The molecule has 0 bridgehead atoms. The van der Waals surface area contributed by atoms with Crippen LogP contribution in [0.3, 0.4) is 0 Å². The summed E-state index contributed by atoms with van der Waals surface area (Å²) in [5.74, 6) is -0.744. The van der Waals surface area contributed by atoms with Crippen molar-refractivity contribution in [3.63, 3.8) is 0 Å². The lowest BCUT2D eigenvalue weighted by Gasteiger charge is -2.25. The zero-order chi connectivity index (χ0) is 17.1. The fourth-order valence-electron chi connectivity index (χ4n) is 2.80. The molecule has 1 saturated carbocycles. The van der Waals surface area contributed by atoms with Crippen LogP contribution in [0, 0.1) is 5.82 Å². The molecular weight excluding hydrogens is 307 g/mol. The number of hydrogen-bond acceptors (Lipinski definition) is 3. The van der Waals surface area contributed by atoms with Crippen LogP contribution < -0.4 is 5.73 Å². The summed E-state index contributed by atoms with van der Waals surface area (Å²) in [4.78, 5) is 13.4. The van der Waals surface area contributed by atoms with Gasteiger partial charge in [0, 0.05) is 24.7 Å². The molecule has 0 heterocycles. The molecule has 1 aliphatic rings. The highest BCUT2D eigenvalue weighted by Gasteiger charge is 2.30. The lowest BCUT2D eigenvalue weighted by molar-refractivity contribution is 0.1000. The molecule has 2 aromatic carbocycles. The Morgan fingerprint density at radius 3 is 2.33 bits per heavy atom. The molecule has 3 N–H and O–H groups in total. The lowest BCUT2D eigenvalue weighted by atomic mass is 10.1. The summed E-state index contributed by atoms with van der Waals surface area (Å²) in [6.45, 7) is 1.19. The third-order valence-corrected chi connectivity index (χ3v) is 4.35. The average Bonchev–Trinajstić information content (AvgIpc) is 3.40. The van der Waals surface area contributed by atoms with E-state index in [0.717, 1.165) is 18.4 Å². The maximum atomic E-state index is 13.0. The molecule has 1 atom stereocenters. The number of carbonyl (C=O) groups excluding carboxylic acids is 1. The van der Waals surface area contributed by atoms with Crippen molar-refractivity contribution in [1.29, 1.82) is 0 Å². The zero-order valence-electron chi connectivity index (χ0n) is 13.4. The quantitative estimate of drug-likeness (QED) is 0.821. The molecule has 0 aromatic heterocycles. The van der Waals surface area contributed by atoms with Crippen molar-refractivity contribution in [2.24, 2.45) is 5.73 Å². The van der Waals surface area contributed by atoms with Crippen molar-refractivity contribution in [3.8, 4) is 0 Å². The molecule has 2 aromatic rings. The Kier molecular flexibility index (Phi) is 4.92. The van der Waals surface area contributed by atoms with Gasteiger partial charge in [-0.05, 0) is 48.2 Å². The molecule has 1 unspecified atom stereocenters. The van der Waals surface area contributed by atoms with E-state index in [0.29, 0.717) is 30.3 Å². The Balaban J connectivity index is 1.66.